The third kappa shape index (κ3) is 17.5. The van der Waals surface area contributed by atoms with Gasteiger partial charge in [-0.25, -0.2) is 0 Å². The normalized spacial score (nSPS) is 12.2. The van der Waals surface area contributed by atoms with Crippen molar-refractivity contribution in [3.8, 4) is 0 Å². The molecule has 1 unspecified atom stereocenters. The molecule has 2 aromatic heterocycles. The van der Waals surface area contributed by atoms with E-state index in [0.717, 1.165) is 24.0 Å². The maximum atomic E-state index is 10.1. The van der Waals surface area contributed by atoms with Crippen molar-refractivity contribution in [3.05, 3.63) is 24.3 Å². The van der Waals surface area contributed by atoms with E-state index in [4.69, 9.17) is 4.42 Å². The Bertz CT molecular complexity index is 530. The third-order valence-corrected chi connectivity index (χ3v) is 6.59. The second-order valence-electron chi connectivity index (χ2n) is 9.82. The van der Waals surface area contributed by atoms with E-state index in [-0.39, 0.29) is 6.10 Å². The van der Waals surface area contributed by atoms with Crippen LogP contribution in [0, 0.1) is 0 Å². The van der Waals surface area contributed by atoms with Crippen LogP contribution in [0.2, 0.25) is 0 Å². The van der Waals surface area contributed by atoms with Crippen LogP contribution < -0.4 is 0 Å². The zero-order valence-corrected chi connectivity index (χ0v) is 21.6. The molecule has 0 aliphatic heterocycles. The molecule has 1 N–H and O–H groups in total. The summed E-state index contributed by atoms with van der Waals surface area (Å²) in [5.41, 5.74) is 1.94. The number of aliphatic hydroxyl groups excluding tert-OH is 1. The minimum Gasteiger partial charge on any atom is -0.457 e. The fraction of sp³-hybridized carbons (Fsp3) is 0.800. The Kier molecular flexibility index (Phi) is 19.8. The van der Waals surface area contributed by atoms with Gasteiger partial charge in [0.2, 0.25) is 0 Å². The molecule has 32 heavy (non-hydrogen) atoms. The molecule has 2 nitrogen and oxygen atoms in total. The van der Waals surface area contributed by atoms with Crippen molar-refractivity contribution in [1.29, 1.82) is 0 Å². The molecule has 0 saturated heterocycles. The highest BCUT2D eigenvalue weighted by atomic mass is 16.3. The molecule has 0 amide bonds. The highest BCUT2D eigenvalue weighted by Crippen LogP contribution is 2.16. The van der Waals surface area contributed by atoms with Gasteiger partial charge in [-0.2, -0.15) is 0 Å². The van der Waals surface area contributed by atoms with Crippen molar-refractivity contribution in [2.75, 3.05) is 0 Å². The summed E-state index contributed by atoms with van der Waals surface area (Å²) >= 11 is 0. The van der Waals surface area contributed by atoms with Crippen LogP contribution in [0.1, 0.15) is 149 Å². The summed E-state index contributed by atoms with van der Waals surface area (Å²) in [6.07, 6.45) is 28.2. The Labute approximate surface area is 199 Å². The minimum atomic E-state index is -0.0291. The van der Waals surface area contributed by atoms with E-state index in [2.05, 4.69) is 13.8 Å². The van der Waals surface area contributed by atoms with Gasteiger partial charge in [0.25, 0.3) is 0 Å². The topological polar surface area (TPSA) is 33.4 Å². The molecule has 0 aliphatic carbocycles. The lowest BCUT2D eigenvalue weighted by molar-refractivity contribution is 0.147. The first kappa shape index (κ1) is 29.0. The number of aliphatic hydroxyl groups is 1. The molecule has 0 aliphatic rings. The smallest absolute Gasteiger partial charge is 0.127 e. The van der Waals surface area contributed by atoms with Crippen LogP contribution in [-0.4, -0.2) is 11.2 Å². The Hall–Kier alpha value is -1.02. The monoisotopic (exact) mass is 446 g/mol. The van der Waals surface area contributed by atoms with Gasteiger partial charge < -0.3 is 9.52 Å². The van der Waals surface area contributed by atoms with E-state index in [1.165, 1.54) is 122 Å². The third-order valence-electron chi connectivity index (χ3n) is 6.59. The molecule has 0 radical (unpaired) electrons. The fourth-order valence-corrected chi connectivity index (χ4v) is 4.41. The van der Waals surface area contributed by atoms with Gasteiger partial charge in [-0.15, -0.1) is 0 Å². The van der Waals surface area contributed by atoms with Gasteiger partial charge in [-0.1, -0.05) is 136 Å². The van der Waals surface area contributed by atoms with Gasteiger partial charge >= 0.3 is 0 Å². The lowest BCUT2D eigenvalue weighted by atomic mass is 10.0. The molecule has 186 valence electrons. The zero-order valence-electron chi connectivity index (χ0n) is 21.6. The maximum Gasteiger partial charge on any atom is 0.127 e. The summed E-state index contributed by atoms with van der Waals surface area (Å²) in [7, 11) is 0. The Morgan fingerprint density at radius 1 is 0.500 bits per heavy atom. The zero-order chi connectivity index (χ0) is 23.1. The van der Waals surface area contributed by atoms with Gasteiger partial charge in [0.15, 0.2) is 0 Å². The summed E-state index contributed by atoms with van der Waals surface area (Å²) in [5, 5.41) is 10.1. The van der Waals surface area contributed by atoms with Crippen LogP contribution in [0.15, 0.2) is 28.7 Å². The van der Waals surface area contributed by atoms with Gasteiger partial charge in [0.05, 0.1) is 6.10 Å². The van der Waals surface area contributed by atoms with Gasteiger partial charge in [-0.3, -0.25) is 0 Å². The molecule has 2 rings (SSSR count). The number of furan rings is 2. The first-order valence-corrected chi connectivity index (χ1v) is 14.2. The van der Waals surface area contributed by atoms with E-state index >= 15 is 0 Å². The van der Waals surface area contributed by atoms with Gasteiger partial charge in [0.1, 0.15) is 11.2 Å². The predicted octanol–water partition coefficient (Wildman–Crippen LogP) is 10.4. The first-order valence-electron chi connectivity index (χ1n) is 14.2. The van der Waals surface area contributed by atoms with Crippen LogP contribution in [0.4, 0.5) is 0 Å². The van der Waals surface area contributed by atoms with E-state index in [1.807, 2.05) is 24.3 Å². The summed E-state index contributed by atoms with van der Waals surface area (Å²) in [6, 6.07) is 7.81. The van der Waals surface area contributed by atoms with E-state index in [9.17, 15) is 5.11 Å². The molecule has 0 saturated carbocycles. The number of hydrogen-bond donors (Lipinski definition) is 1. The molecule has 2 heterocycles. The van der Waals surface area contributed by atoms with Crippen LogP contribution in [0.5, 0.6) is 0 Å². The lowest BCUT2D eigenvalue weighted by Gasteiger charge is -2.10. The molecule has 0 aromatic carbocycles. The number of benzene rings is 1. The Morgan fingerprint density at radius 2 is 0.781 bits per heavy atom. The molecule has 0 fully saturated rings. The standard InChI is InChI=1S/C24H50O.C6H4O/c1-3-5-7-9-11-13-15-17-19-21-23-24(25)22-20-18-16-14-12-10-8-6-4-2;1-2-6-4-3-5(1)7-6/h24-25H,3-23H2,1-2H3;1-4H. The number of rotatable bonds is 21. The summed E-state index contributed by atoms with van der Waals surface area (Å²) in [4.78, 5) is 0. The summed E-state index contributed by atoms with van der Waals surface area (Å²) in [6.45, 7) is 4.56. The van der Waals surface area contributed by atoms with Crippen molar-refractivity contribution in [2.45, 2.75) is 155 Å². The fourth-order valence-electron chi connectivity index (χ4n) is 4.41. The van der Waals surface area contributed by atoms with E-state index in [0.29, 0.717) is 0 Å². The van der Waals surface area contributed by atoms with E-state index < -0.39 is 0 Å². The van der Waals surface area contributed by atoms with Crippen LogP contribution >= 0.6 is 0 Å². The average molecular weight is 447 g/mol. The van der Waals surface area contributed by atoms with Crippen LogP contribution in [-0.2, 0) is 0 Å². The highest BCUT2D eigenvalue weighted by Gasteiger charge is 2.03. The van der Waals surface area contributed by atoms with Gasteiger partial charge in [-0.05, 0) is 37.1 Å². The molecular weight excluding hydrogens is 392 g/mol. The lowest BCUT2D eigenvalue weighted by Crippen LogP contribution is -2.05. The van der Waals surface area contributed by atoms with Crippen molar-refractivity contribution in [3.63, 3.8) is 0 Å². The van der Waals surface area contributed by atoms with Crippen molar-refractivity contribution < 1.29 is 9.52 Å². The van der Waals surface area contributed by atoms with Gasteiger partial charge in [0, 0.05) is 0 Å². The van der Waals surface area contributed by atoms with Crippen LogP contribution in [0.3, 0.4) is 0 Å². The average Bonchev–Trinajstić information content (AvgIpc) is 3.46. The molecule has 0 spiro atoms. The molecule has 1 atom stereocenters. The molecule has 2 bridgehead atoms. The Balaban J connectivity index is 0.000000600. The van der Waals surface area contributed by atoms with Crippen molar-refractivity contribution in [1.82, 2.24) is 0 Å². The highest BCUT2D eigenvalue weighted by molar-refractivity contribution is 5.59. The van der Waals surface area contributed by atoms with E-state index in [1.54, 1.807) is 0 Å². The SMILES string of the molecule is CCCCCCCCCCCCC(O)CCCCCCCCCCC.c1cc2ccc1o2. The second-order valence-corrected chi connectivity index (χ2v) is 9.82. The largest absolute Gasteiger partial charge is 0.457 e. The molecular formula is C30H54O2. The predicted molar refractivity (Wildman–Crippen MR) is 142 cm³/mol. The van der Waals surface area contributed by atoms with Crippen molar-refractivity contribution in [2.24, 2.45) is 0 Å². The number of fused-ring (bicyclic) bond motifs is 2. The quantitative estimate of drug-likeness (QED) is 0.193. The molecule has 2 heteroatoms. The maximum absolute atomic E-state index is 10.1. The first-order chi connectivity index (χ1) is 15.8. The summed E-state index contributed by atoms with van der Waals surface area (Å²) in [5.74, 6) is 0. The number of unbranched alkanes of at least 4 members (excludes halogenated alkanes) is 17. The van der Waals surface area contributed by atoms with Crippen molar-refractivity contribution >= 4 is 11.2 Å². The summed E-state index contributed by atoms with van der Waals surface area (Å²) < 4.78 is 5.08. The Morgan fingerprint density at radius 3 is 1.03 bits per heavy atom. The second kappa shape index (κ2) is 21.8. The van der Waals surface area contributed by atoms with Crippen LogP contribution in [0.25, 0.3) is 11.2 Å². The molecule has 2 aromatic rings. The number of hydrogen-bond acceptors (Lipinski definition) is 2. The minimum absolute atomic E-state index is 0.0291.